The maximum absolute atomic E-state index is 12.3. The molecule has 0 aromatic carbocycles. The van der Waals surface area contributed by atoms with Crippen LogP contribution in [0.15, 0.2) is 23.8 Å². The molecule has 1 N–H and O–H groups in total. The van der Waals surface area contributed by atoms with Gasteiger partial charge in [0, 0.05) is 16.9 Å². The molecule has 0 aromatic rings. The number of thioether (sulfide) groups is 1. The molecule has 10 heteroatoms. The molecule has 0 radical (unpaired) electrons. The van der Waals surface area contributed by atoms with E-state index in [9.17, 15) is 19.7 Å². The summed E-state index contributed by atoms with van der Waals surface area (Å²) in [7, 11) is 1.39. The summed E-state index contributed by atoms with van der Waals surface area (Å²) in [5, 5.41) is 12.3. The number of nitrogens with zero attached hydrogens (tertiary/aromatic N) is 2. The van der Waals surface area contributed by atoms with Crippen LogP contribution in [0.2, 0.25) is 0 Å². The predicted molar refractivity (Wildman–Crippen MR) is 85.7 cm³/mol. The van der Waals surface area contributed by atoms with Gasteiger partial charge in [0.25, 0.3) is 16.9 Å². The van der Waals surface area contributed by atoms with Gasteiger partial charge in [-0.1, -0.05) is 13.5 Å². The number of amides is 2. The second-order valence-electron chi connectivity index (χ2n) is 4.13. The second kappa shape index (κ2) is 11.5. The third kappa shape index (κ3) is 8.21. The fourth-order valence-corrected chi connectivity index (χ4v) is 1.81. The summed E-state index contributed by atoms with van der Waals surface area (Å²) in [6.07, 6.45) is 3.61. The highest BCUT2D eigenvalue weighted by Crippen LogP contribution is 2.11. The topological polar surface area (TPSA) is 111 Å². The molecule has 0 fully saturated rings. The lowest BCUT2D eigenvalue weighted by Crippen LogP contribution is -2.33. The Morgan fingerprint density at radius 2 is 2.13 bits per heavy atom. The molecule has 0 heterocycles. The third-order valence-electron chi connectivity index (χ3n) is 2.64. The minimum absolute atomic E-state index is 0.0110. The summed E-state index contributed by atoms with van der Waals surface area (Å²) in [4.78, 5) is 43.0. The largest absolute Gasteiger partial charge is 0.329 e. The maximum atomic E-state index is 12.3. The first-order chi connectivity index (χ1) is 10.9. The Hall–Kier alpha value is -2.07. The van der Waals surface area contributed by atoms with Crippen molar-refractivity contribution in [1.29, 1.82) is 0 Å². The molecule has 0 aliphatic rings. The van der Waals surface area contributed by atoms with Gasteiger partial charge in [-0.05, 0) is 18.8 Å². The molecule has 0 aliphatic carbocycles. The predicted octanol–water partition coefficient (Wildman–Crippen LogP) is 0.914. The monoisotopic (exact) mass is 347 g/mol. The molecule has 0 rings (SSSR count). The molecule has 9 nitrogen and oxygen atoms in total. The standard InChI is InChI=1S/C13H21N3O6S/c1-5-11(13(18)15(21-3)6-7-23-4)8-10(2)12(17)14-9-22-16(19)20/h8H,2,5-7,9H2,1,3-4H3,(H,14,17)/b11-8+. The van der Waals surface area contributed by atoms with E-state index in [0.29, 0.717) is 24.3 Å². The lowest BCUT2D eigenvalue weighted by Gasteiger charge is -2.20. The molecule has 0 unspecified atom stereocenters. The smallest absolute Gasteiger partial charge is 0.296 e. The van der Waals surface area contributed by atoms with E-state index in [-0.39, 0.29) is 11.5 Å². The van der Waals surface area contributed by atoms with Crippen LogP contribution in [0.3, 0.4) is 0 Å². The van der Waals surface area contributed by atoms with Crippen molar-refractivity contribution in [2.24, 2.45) is 0 Å². The number of carbonyl (C=O) groups excluding carboxylic acids is 2. The highest BCUT2D eigenvalue weighted by Gasteiger charge is 2.18. The summed E-state index contributed by atoms with van der Waals surface area (Å²) in [5.41, 5.74) is 0.325. The van der Waals surface area contributed by atoms with Gasteiger partial charge in [-0.25, -0.2) is 5.06 Å². The van der Waals surface area contributed by atoms with Gasteiger partial charge in [-0.2, -0.15) is 11.8 Å². The summed E-state index contributed by atoms with van der Waals surface area (Å²) in [6.45, 7) is 5.11. The van der Waals surface area contributed by atoms with Crippen molar-refractivity contribution in [2.45, 2.75) is 13.3 Å². The summed E-state index contributed by atoms with van der Waals surface area (Å²) >= 11 is 1.57. The molecule has 2 amide bonds. The molecule has 0 saturated carbocycles. The molecule has 0 spiro atoms. The molecule has 0 aromatic heterocycles. The van der Waals surface area contributed by atoms with E-state index in [1.807, 2.05) is 6.26 Å². The number of carbonyl (C=O) groups is 2. The Bertz CT molecular complexity index is 480. The first-order valence-electron chi connectivity index (χ1n) is 6.67. The Kier molecular flexibility index (Phi) is 10.5. The second-order valence-corrected chi connectivity index (χ2v) is 5.12. The molecule has 0 aliphatic heterocycles. The Morgan fingerprint density at radius 1 is 1.48 bits per heavy atom. The van der Waals surface area contributed by atoms with Crippen molar-refractivity contribution in [3.05, 3.63) is 33.9 Å². The molecular formula is C13H21N3O6S. The Labute approximate surface area is 138 Å². The lowest BCUT2D eigenvalue weighted by atomic mass is 10.1. The molecular weight excluding hydrogens is 326 g/mol. The van der Waals surface area contributed by atoms with Crippen LogP contribution in [-0.2, 0) is 19.3 Å². The molecule has 0 saturated heterocycles. The first-order valence-corrected chi connectivity index (χ1v) is 8.06. The van der Waals surface area contributed by atoms with Crippen LogP contribution in [0.5, 0.6) is 0 Å². The van der Waals surface area contributed by atoms with Crippen LogP contribution < -0.4 is 5.32 Å². The third-order valence-corrected chi connectivity index (χ3v) is 3.23. The zero-order valence-electron chi connectivity index (χ0n) is 13.4. The van der Waals surface area contributed by atoms with Crippen LogP contribution >= 0.6 is 11.8 Å². The summed E-state index contributed by atoms with van der Waals surface area (Å²) in [5.74, 6) is -0.325. The van der Waals surface area contributed by atoms with Gasteiger partial charge in [0.15, 0.2) is 6.73 Å². The Balaban J connectivity index is 4.81. The van der Waals surface area contributed by atoms with Crippen LogP contribution in [0.1, 0.15) is 13.3 Å². The fourth-order valence-electron chi connectivity index (χ4n) is 1.47. The highest BCUT2D eigenvalue weighted by molar-refractivity contribution is 7.98. The van der Waals surface area contributed by atoms with Gasteiger partial charge >= 0.3 is 0 Å². The van der Waals surface area contributed by atoms with Crippen molar-refractivity contribution < 1.29 is 24.4 Å². The normalized spacial score (nSPS) is 10.8. The van der Waals surface area contributed by atoms with Crippen LogP contribution in [0.4, 0.5) is 0 Å². The van der Waals surface area contributed by atoms with Gasteiger partial charge in [0.1, 0.15) is 0 Å². The summed E-state index contributed by atoms with van der Waals surface area (Å²) in [6, 6.07) is 0. The van der Waals surface area contributed by atoms with Crippen molar-refractivity contribution >= 4 is 23.6 Å². The van der Waals surface area contributed by atoms with E-state index in [1.165, 1.54) is 18.2 Å². The number of hydrogen-bond acceptors (Lipinski definition) is 7. The van der Waals surface area contributed by atoms with Crippen molar-refractivity contribution in [1.82, 2.24) is 10.4 Å². The van der Waals surface area contributed by atoms with Crippen molar-refractivity contribution in [3.8, 4) is 0 Å². The first kappa shape index (κ1) is 20.9. The van der Waals surface area contributed by atoms with Crippen LogP contribution in [0.25, 0.3) is 0 Å². The van der Waals surface area contributed by atoms with Crippen molar-refractivity contribution in [2.75, 3.05) is 32.4 Å². The molecule has 0 bridgehead atoms. The van der Waals surface area contributed by atoms with E-state index >= 15 is 0 Å². The van der Waals surface area contributed by atoms with Gasteiger partial charge in [0.2, 0.25) is 0 Å². The van der Waals surface area contributed by atoms with E-state index in [0.717, 1.165) is 0 Å². The zero-order chi connectivity index (χ0) is 17.8. The Morgan fingerprint density at radius 3 is 2.61 bits per heavy atom. The number of hydroxylamine groups is 2. The summed E-state index contributed by atoms with van der Waals surface area (Å²) < 4.78 is 0. The van der Waals surface area contributed by atoms with E-state index in [4.69, 9.17) is 4.84 Å². The maximum Gasteiger partial charge on any atom is 0.296 e. The molecule has 130 valence electrons. The minimum Gasteiger partial charge on any atom is -0.329 e. The quantitative estimate of drug-likeness (QED) is 0.194. The number of hydrogen-bond donors (Lipinski definition) is 1. The average Bonchev–Trinajstić information content (AvgIpc) is 2.52. The van der Waals surface area contributed by atoms with E-state index < -0.39 is 17.7 Å². The zero-order valence-corrected chi connectivity index (χ0v) is 14.2. The average molecular weight is 347 g/mol. The SMILES string of the molecule is C=C(/C=C(\CC)C(=O)N(CCSC)OC)C(=O)NCO[N+](=O)[O-]. The lowest BCUT2D eigenvalue weighted by molar-refractivity contribution is -0.758. The molecule has 0 atom stereocenters. The van der Waals surface area contributed by atoms with Gasteiger partial charge in [-0.3, -0.25) is 19.3 Å². The molecule has 23 heavy (non-hydrogen) atoms. The van der Waals surface area contributed by atoms with Crippen LogP contribution in [-0.4, -0.2) is 54.4 Å². The van der Waals surface area contributed by atoms with Gasteiger partial charge in [-0.15, -0.1) is 10.1 Å². The van der Waals surface area contributed by atoms with Gasteiger partial charge < -0.3 is 5.32 Å². The van der Waals surface area contributed by atoms with Crippen molar-refractivity contribution in [3.63, 3.8) is 0 Å². The highest BCUT2D eigenvalue weighted by atomic mass is 32.2. The van der Waals surface area contributed by atoms with Gasteiger partial charge in [0.05, 0.1) is 13.7 Å². The minimum atomic E-state index is -1.03. The number of nitrogens with one attached hydrogen (secondary N) is 1. The number of rotatable bonds is 11. The van der Waals surface area contributed by atoms with Crippen LogP contribution in [0, 0.1) is 10.1 Å². The fraction of sp³-hybridized carbons (Fsp3) is 0.538. The van der Waals surface area contributed by atoms with E-state index in [2.05, 4.69) is 16.7 Å². The van der Waals surface area contributed by atoms with E-state index in [1.54, 1.807) is 18.7 Å².